The fourth-order valence-electron chi connectivity index (χ4n) is 0.806. The van der Waals surface area contributed by atoms with Gasteiger partial charge in [0.25, 0.3) is 0 Å². The lowest BCUT2D eigenvalue weighted by atomic mass is 10.2. The second-order valence-electron chi connectivity index (χ2n) is 2.76. The minimum Gasteiger partial charge on any atom is -0.465 e. The van der Waals surface area contributed by atoms with Gasteiger partial charge in [0, 0.05) is 12.5 Å². The summed E-state index contributed by atoms with van der Waals surface area (Å²) >= 11 is 3.07. The molecule has 0 aromatic heterocycles. The molecule has 14 heavy (non-hydrogen) atoms. The standard InChI is InChI=1S/C11H15BrO2/c1-3-4-5-6-7-8-9-10(12)11(13)14-2/h9H,3-6H2,1-2H3/b10-9-. The van der Waals surface area contributed by atoms with Crippen LogP contribution in [0, 0.1) is 11.8 Å². The van der Waals surface area contributed by atoms with Crippen molar-refractivity contribution >= 4 is 21.9 Å². The van der Waals surface area contributed by atoms with Gasteiger partial charge in [0.15, 0.2) is 0 Å². The van der Waals surface area contributed by atoms with E-state index < -0.39 is 5.97 Å². The van der Waals surface area contributed by atoms with Gasteiger partial charge in [0.1, 0.15) is 4.48 Å². The Morgan fingerprint density at radius 3 is 2.79 bits per heavy atom. The number of carbonyl (C=O) groups is 1. The topological polar surface area (TPSA) is 26.3 Å². The number of allylic oxidation sites excluding steroid dienone is 1. The first-order valence-corrected chi connectivity index (χ1v) is 5.44. The number of rotatable bonds is 4. The van der Waals surface area contributed by atoms with Crippen LogP contribution >= 0.6 is 15.9 Å². The molecule has 0 fully saturated rings. The molecule has 0 heterocycles. The van der Waals surface area contributed by atoms with Crippen LogP contribution in [0.1, 0.15) is 32.6 Å². The maximum atomic E-state index is 10.9. The number of halogens is 1. The molecular weight excluding hydrogens is 244 g/mol. The highest BCUT2D eigenvalue weighted by Crippen LogP contribution is 2.05. The zero-order valence-corrected chi connectivity index (χ0v) is 10.2. The SMILES string of the molecule is CCCCCC#C/C=C(\Br)C(=O)OC. The van der Waals surface area contributed by atoms with Crippen LogP contribution in [0.4, 0.5) is 0 Å². The van der Waals surface area contributed by atoms with Crippen LogP contribution < -0.4 is 0 Å². The zero-order chi connectivity index (χ0) is 10.8. The third-order valence-electron chi connectivity index (χ3n) is 1.59. The van der Waals surface area contributed by atoms with E-state index in [2.05, 4.69) is 39.4 Å². The summed E-state index contributed by atoms with van der Waals surface area (Å²) in [7, 11) is 1.34. The van der Waals surface area contributed by atoms with Crippen molar-refractivity contribution < 1.29 is 9.53 Å². The van der Waals surface area contributed by atoms with Gasteiger partial charge in [-0.05, 0) is 22.4 Å². The summed E-state index contributed by atoms with van der Waals surface area (Å²) in [6.45, 7) is 2.15. The Labute approximate surface area is 93.8 Å². The molecule has 0 aromatic carbocycles. The second kappa shape index (κ2) is 8.83. The normalized spacial score (nSPS) is 10.4. The summed E-state index contributed by atoms with van der Waals surface area (Å²) in [5.41, 5.74) is 0. The molecule has 0 saturated carbocycles. The van der Waals surface area contributed by atoms with Gasteiger partial charge in [0.05, 0.1) is 7.11 Å². The smallest absolute Gasteiger partial charge is 0.345 e. The van der Waals surface area contributed by atoms with Crippen molar-refractivity contribution in [3.8, 4) is 11.8 Å². The first-order valence-electron chi connectivity index (χ1n) is 4.64. The molecule has 0 aliphatic carbocycles. The number of esters is 1. The van der Waals surface area contributed by atoms with E-state index in [-0.39, 0.29) is 0 Å². The number of ether oxygens (including phenoxy) is 1. The van der Waals surface area contributed by atoms with Crippen LogP contribution in [0.3, 0.4) is 0 Å². The molecule has 3 heteroatoms. The maximum Gasteiger partial charge on any atom is 0.345 e. The Morgan fingerprint density at radius 1 is 1.50 bits per heavy atom. The molecule has 78 valence electrons. The predicted molar refractivity (Wildman–Crippen MR) is 60.9 cm³/mol. The summed E-state index contributed by atoms with van der Waals surface area (Å²) in [4.78, 5) is 10.9. The predicted octanol–water partition coefficient (Wildman–Crippen LogP) is 3.02. The minimum atomic E-state index is -0.396. The van der Waals surface area contributed by atoms with E-state index >= 15 is 0 Å². The number of carbonyl (C=O) groups excluding carboxylic acids is 1. The Kier molecular flexibility index (Phi) is 8.36. The highest BCUT2D eigenvalue weighted by molar-refractivity contribution is 9.12. The lowest BCUT2D eigenvalue weighted by molar-refractivity contribution is -0.135. The van der Waals surface area contributed by atoms with Crippen LogP contribution in [0.2, 0.25) is 0 Å². The van der Waals surface area contributed by atoms with E-state index in [9.17, 15) is 4.79 Å². The quantitative estimate of drug-likeness (QED) is 0.336. The van der Waals surface area contributed by atoms with Gasteiger partial charge in [-0.1, -0.05) is 31.6 Å². The molecule has 0 rings (SSSR count). The zero-order valence-electron chi connectivity index (χ0n) is 8.60. The molecule has 0 radical (unpaired) electrons. The average molecular weight is 259 g/mol. The van der Waals surface area contributed by atoms with Crippen molar-refractivity contribution in [1.82, 2.24) is 0 Å². The molecule has 0 saturated heterocycles. The third-order valence-corrected chi connectivity index (χ3v) is 2.14. The monoisotopic (exact) mass is 258 g/mol. The van der Waals surface area contributed by atoms with E-state index in [1.807, 2.05) is 0 Å². The molecular formula is C11H15BrO2. The molecule has 0 N–H and O–H groups in total. The summed E-state index contributed by atoms with van der Waals surface area (Å²) in [6.07, 6.45) is 5.93. The summed E-state index contributed by atoms with van der Waals surface area (Å²) in [6, 6.07) is 0. The molecule has 0 aliphatic heterocycles. The average Bonchev–Trinajstić information content (AvgIpc) is 2.21. The molecule has 0 unspecified atom stereocenters. The van der Waals surface area contributed by atoms with Crippen LogP contribution in [0.5, 0.6) is 0 Å². The Hall–Kier alpha value is -0.750. The minimum absolute atomic E-state index is 0.364. The molecule has 0 bridgehead atoms. The lowest BCUT2D eigenvalue weighted by Gasteiger charge is -1.92. The van der Waals surface area contributed by atoms with Gasteiger partial charge in [-0.25, -0.2) is 4.79 Å². The van der Waals surface area contributed by atoms with Crippen LogP contribution in [-0.2, 0) is 9.53 Å². The second-order valence-corrected chi connectivity index (χ2v) is 3.62. The molecule has 2 nitrogen and oxygen atoms in total. The number of methoxy groups -OCH3 is 1. The Balaban J connectivity index is 3.82. The van der Waals surface area contributed by atoms with Gasteiger partial charge in [-0.2, -0.15) is 0 Å². The maximum absolute atomic E-state index is 10.9. The Morgan fingerprint density at radius 2 is 2.21 bits per heavy atom. The highest BCUT2D eigenvalue weighted by Gasteiger charge is 2.02. The summed E-state index contributed by atoms with van der Waals surface area (Å²) in [5.74, 6) is 5.37. The highest BCUT2D eigenvalue weighted by atomic mass is 79.9. The van der Waals surface area contributed by atoms with E-state index in [0.29, 0.717) is 4.48 Å². The van der Waals surface area contributed by atoms with Crippen molar-refractivity contribution in [2.45, 2.75) is 32.6 Å². The Bertz CT molecular complexity index is 258. The summed E-state index contributed by atoms with van der Waals surface area (Å²) in [5, 5.41) is 0. The molecule has 0 amide bonds. The number of hydrogen-bond donors (Lipinski definition) is 0. The van der Waals surface area contributed by atoms with Crippen molar-refractivity contribution in [3.05, 3.63) is 10.6 Å². The fourth-order valence-corrected chi connectivity index (χ4v) is 1.08. The van der Waals surface area contributed by atoms with E-state index in [1.54, 1.807) is 0 Å². The molecule has 0 spiro atoms. The lowest BCUT2D eigenvalue weighted by Crippen LogP contribution is -1.98. The summed E-state index contributed by atoms with van der Waals surface area (Å²) < 4.78 is 4.85. The van der Waals surface area contributed by atoms with Gasteiger partial charge < -0.3 is 4.74 Å². The van der Waals surface area contributed by atoms with Gasteiger partial charge in [-0.15, -0.1) is 0 Å². The third kappa shape index (κ3) is 6.73. The van der Waals surface area contributed by atoms with Gasteiger partial charge in [-0.3, -0.25) is 0 Å². The molecule has 0 aromatic rings. The van der Waals surface area contributed by atoms with E-state index in [1.165, 1.54) is 26.0 Å². The first kappa shape index (κ1) is 13.2. The van der Waals surface area contributed by atoms with E-state index in [4.69, 9.17) is 0 Å². The van der Waals surface area contributed by atoms with Gasteiger partial charge >= 0.3 is 5.97 Å². The largest absolute Gasteiger partial charge is 0.465 e. The van der Waals surface area contributed by atoms with Crippen molar-refractivity contribution in [3.63, 3.8) is 0 Å². The number of unbranched alkanes of at least 4 members (excludes halogenated alkanes) is 3. The van der Waals surface area contributed by atoms with Crippen molar-refractivity contribution in [1.29, 1.82) is 0 Å². The molecule has 0 atom stereocenters. The van der Waals surface area contributed by atoms with Crippen molar-refractivity contribution in [2.24, 2.45) is 0 Å². The number of hydrogen-bond acceptors (Lipinski definition) is 2. The van der Waals surface area contributed by atoms with Crippen LogP contribution in [-0.4, -0.2) is 13.1 Å². The van der Waals surface area contributed by atoms with Gasteiger partial charge in [0.2, 0.25) is 0 Å². The first-order chi connectivity index (χ1) is 6.72. The fraction of sp³-hybridized carbons (Fsp3) is 0.545. The van der Waals surface area contributed by atoms with Crippen LogP contribution in [0.25, 0.3) is 0 Å². The van der Waals surface area contributed by atoms with Crippen LogP contribution in [0.15, 0.2) is 10.6 Å². The van der Waals surface area contributed by atoms with E-state index in [0.717, 1.165) is 12.8 Å². The van der Waals surface area contributed by atoms with Crippen molar-refractivity contribution in [2.75, 3.05) is 7.11 Å². The molecule has 0 aliphatic rings.